The number of aliphatic hydroxyl groups is 1. The number of rotatable bonds is 3. The van der Waals surface area contributed by atoms with Gasteiger partial charge in [0.25, 0.3) is 0 Å². The van der Waals surface area contributed by atoms with Crippen LogP contribution in [-0.4, -0.2) is 58.5 Å². The Morgan fingerprint density at radius 1 is 1.33 bits per heavy atom. The number of hydrogen-bond donors (Lipinski definition) is 1. The maximum absolute atomic E-state index is 9.86. The molecule has 0 amide bonds. The molecule has 0 aromatic heterocycles. The van der Waals surface area contributed by atoms with E-state index in [-0.39, 0.29) is 11.7 Å². The van der Waals surface area contributed by atoms with Gasteiger partial charge in [-0.3, -0.25) is 4.90 Å². The first kappa shape index (κ1) is 16.1. The Morgan fingerprint density at radius 2 is 2.24 bits per heavy atom. The molecule has 1 N–H and O–H groups in total. The summed E-state index contributed by atoms with van der Waals surface area (Å²) in [5, 5.41) is 9.86. The van der Waals surface area contributed by atoms with Crippen LogP contribution in [0.15, 0.2) is 0 Å². The molecule has 3 saturated heterocycles. The molecule has 122 valence electrons. The van der Waals surface area contributed by atoms with Gasteiger partial charge in [0.1, 0.15) is 0 Å². The van der Waals surface area contributed by atoms with Crippen molar-refractivity contribution in [2.75, 3.05) is 24.7 Å². The Bertz CT molecular complexity index is 331. The van der Waals surface area contributed by atoms with Gasteiger partial charge in [-0.05, 0) is 57.7 Å². The summed E-state index contributed by atoms with van der Waals surface area (Å²) in [4.78, 5) is 2.76. The van der Waals surface area contributed by atoms with Crippen molar-refractivity contribution >= 4 is 11.8 Å². The van der Waals surface area contributed by atoms with Crippen LogP contribution in [0.25, 0.3) is 0 Å². The summed E-state index contributed by atoms with van der Waals surface area (Å²) >= 11 is 2.06. The van der Waals surface area contributed by atoms with Crippen LogP contribution in [0.5, 0.6) is 0 Å². The molecule has 0 bridgehead atoms. The molecule has 3 heterocycles. The van der Waals surface area contributed by atoms with Gasteiger partial charge in [-0.15, -0.1) is 0 Å². The Hall–Kier alpha value is 0.230. The van der Waals surface area contributed by atoms with E-state index >= 15 is 0 Å². The average Bonchev–Trinajstić information content (AvgIpc) is 2.76. The van der Waals surface area contributed by atoms with E-state index in [1.807, 2.05) is 6.92 Å². The molecule has 21 heavy (non-hydrogen) atoms. The lowest BCUT2D eigenvalue weighted by Crippen LogP contribution is -2.52. The van der Waals surface area contributed by atoms with Gasteiger partial charge in [-0.25, -0.2) is 0 Å². The molecular weight excluding hydrogens is 282 g/mol. The van der Waals surface area contributed by atoms with Gasteiger partial charge in [-0.2, -0.15) is 11.8 Å². The van der Waals surface area contributed by atoms with Crippen molar-refractivity contribution in [2.45, 2.75) is 82.1 Å². The van der Waals surface area contributed by atoms with E-state index < -0.39 is 0 Å². The zero-order valence-corrected chi connectivity index (χ0v) is 14.2. The zero-order chi connectivity index (χ0) is 14.7. The quantitative estimate of drug-likeness (QED) is 0.868. The summed E-state index contributed by atoms with van der Waals surface area (Å²) in [6, 6.07) is 1.26. The fourth-order valence-corrected chi connectivity index (χ4v) is 5.85. The van der Waals surface area contributed by atoms with E-state index in [1.54, 1.807) is 0 Å². The van der Waals surface area contributed by atoms with Crippen molar-refractivity contribution in [3.8, 4) is 0 Å². The smallest absolute Gasteiger partial charge is 0.0795 e. The average molecular weight is 314 g/mol. The fraction of sp³-hybridized carbons (Fsp3) is 1.00. The highest BCUT2D eigenvalue weighted by molar-refractivity contribution is 7.99. The van der Waals surface area contributed by atoms with E-state index in [9.17, 15) is 5.11 Å². The number of ether oxygens (including phenoxy) is 1. The Labute approximate surface area is 133 Å². The minimum atomic E-state index is -0.175. The molecule has 0 saturated carbocycles. The van der Waals surface area contributed by atoms with Crippen LogP contribution in [0.2, 0.25) is 0 Å². The molecule has 4 heteroatoms. The Morgan fingerprint density at radius 3 is 3.00 bits per heavy atom. The molecule has 1 spiro atoms. The first-order valence-electron chi connectivity index (χ1n) is 8.84. The standard InChI is InChI=1S/C17H31NO2S/c1-14(19)11-15-5-3-2-4-8-18(15)16-6-9-20-17(12-16)7-10-21-13-17/h14-16,19H,2-13H2,1H3. The van der Waals surface area contributed by atoms with Crippen molar-refractivity contribution < 1.29 is 9.84 Å². The monoisotopic (exact) mass is 313 g/mol. The van der Waals surface area contributed by atoms with Crippen molar-refractivity contribution in [3.05, 3.63) is 0 Å². The summed E-state index contributed by atoms with van der Waals surface area (Å²) in [5.41, 5.74) is 0.176. The fourth-order valence-electron chi connectivity index (χ4n) is 4.48. The van der Waals surface area contributed by atoms with Crippen molar-refractivity contribution in [1.29, 1.82) is 0 Å². The molecule has 4 atom stereocenters. The predicted molar refractivity (Wildman–Crippen MR) is 88.9 cm³/mol. The molecule has 3 nitrogen and oxygen atoms in total. The Balaban J connectivity index is 1.68. The first-order valence-corrected chi connectivity index (χ1v) is 9.99. The van der Waals surface area contributed by atoms with E-state index in [2.05, 4.69) is 16.7 Å². The van der Waals surface area contributed by atoms with Gasteiger partial charge in [0.05, 0.1) is 11.7 Å². The number of nitrogens with zero attached hydrogens (tertiary/aromatic N) is 1. The molecule has 3 rings (SSSR count). The number of hydrogen-bond acceptors (Lipinski definition) is 4. The molecule has 3 fully saturated rings. The second-order valence-electron chi connectivity index (χ2n) is 7.31. The van der Waals surface area contributed by atoms with E-state index in [1.165, 1.54) is 63.0 Å². The van der Waals surface area contributed by atoms with Crippen LogP contribution in [-0.2, 0) is 4.74 Å². The van der Waals surface area contributed by atoms with Gasteiger partial charge in [0.15, 0.2) is 0 Å². The van der Waals surface area contributed by atoms with Crippen LogP contribution < -0.4 is 0 Å². The minimum Gasteiger partial charge on any atom is -0.393 e. The maximum Gasteiger partial charge on any atom is 0.0795 e. The summed E-state index contributed by atoms with van der Waals surface area (Å²) in [7, 11) is 0. The summed E-state index contributed by atoms with van der Waals surface area (Å²) in [6.07, 6.45) is 9.70. The van der Waals surface area contributed by atoms with Crippen molar-refractivity contribution in [1.82, 2.24) is 4.90 Å². The maximum atomic E-state index is 9.86. The summed E-state index contributed by atoms with van der Waals surface area (Å²) < 4.78 is 6.20. The molecule has 0 aromatic carbocycles. The lowest BCUT2D eigenvalue weighted by Gasteiger charge is -2.45. The minimum absolute atomic E-state index is 0.175. The topological polar surface area (TPSA) is 32.7 Å². The van der Waals surface area contributed by atoms with Gasteiger partial charge >= 0.3 is 0 Å². The molecule has 0 aromatic rings. The number of thioether (sulfide) groups is 1. The molecule has 0 aliphatic carbocycles. The van der Waals surface area contributed by atoms with Crippen LogP contribution in [0, 0.1) is 0 Å². The predicted octanol–water partition coefficient (Wildman–Crippen LogP) is 3.06. The van der Waals surface area contributed by atoms with Crippen molar-refractivity contribution in [3.63, 3.8) is 0 Å². The molecule has 3 aliphatic rings. The van der Waals surface area contributed by atoms with Gasteiger partial charge in [0, 0.05) is 24.4 Å². The molecule has 3 aliphatic heterocycles. The van der Waals surface area contributed by atoms with Crippen molar-refractivity contribution in [2.24, 2.45) is 0 Å². The van der Waals surface area contributed by atoms with E-state index in [0.29, 0.717) is 12.1 Å². The van der Waals surface area contributed by atoms with E-state index in [0.717, 1.165) is 13.0 Å². The first-order chi connectivity index (χ1) is 10.2. The third-order valence-corrected chi connectivity index (χ3v) is 6.76. The van der Waals surface area contributed by atoms with E-state index in [4.69, 9.17) is 4.74 Å². The normalized spacial score (nSPS) is 40.3. The van der Waals surface area contributed by atoms with Crippen LogP contribution in [0.1, 0.15) is 58.3 Å². The highest BCUT2D eigenvalue weighted by Gasteiger charge is 2.43. The van der Waals surface area contributed by atoms with Crippen LogP contribution in [0.4, 0.5) is 0 Å². The summed E-state index contributed by atoms with van der Waals surface area (Å²) in [6.45, 7) is 4.11. The van der Waals surface area contributed by atoms with Gasteiger partial charge in [-0.1, -0.05) is 12.8 Å². The zero-order valence-electron chi connectivity index (χ0n) is 13.4. The van der Waals surface area contributed by atoms with Gasteiger partial charge in [0.2, 0.25) is 0 Å². The van der Waals surface area contributed by atoms with Crippen LogP contribution in [0.3, 0.4) is 0 Å². The SMILES string of the molecule is CC(O)CC1CCCCCN1C1CCOC2(CCSC2)C1. The lowest BCUT2D eigenvalue weighted by atomic mass is 9.87. The second-order valence-corrected chi connectivity index (χ2v) is 8.41. The molecule has 0 radical (unpaired) electrons. The third kappa shape index (κ3) is 3.95. The number of likely N-dealkylation sites (tertiary alicyclic amines) is 1. The summed E-state index contributed by atoms with van der Waals surface area (Å²) in [5.74, 6) is 2.46. The van der Waals surface area contributed by atoms with Crippen LogP contribution >= 0.6 is 11.8 Å². The molecule has 4 unspecified atom stereocenters. The highest BCUT2D eigenvalue weighted by Crippen LogP contribution is 2.40. The Kier molecular flexibility index (Phi) is 5.52. The molecular formula is C17H31NO2S. The number of aliphatic hydroxyl groups excluding tert-OH is 1. The largest absolute Gasteiger partial charge is 0.393 e. The lowest BCUT2D eigenvalue weighted by molar-refractivity contribution is -0.0966. The third-order valence-electron chi connectivity index (χ3n) is 5.54. The van der Waals surface area contributed by atoms with Gasteiger partial charge < -0.3 is 9.84 Å². The highest BCUT2D eigenvalue weighted by atomic mass is 32.2. The second kappa shape index (κ2) is 7.20.